The van der Waals surface area contributed by atoms with Crippen LogP contribution in [0.25, 0.3) is 11.1 Å². The molecule has 2 N–H and O–H groups in total. The second kappa shape index (κ2) is 7.88. The normalized spacial score (nSPS) is 28.0. The van der Waals surface area contributed by atoms with Crippen LogP contribution in [0.3, 0.4) is 0 Å². The number of carbonyl (C=O) groups is 1. The van der Waals surface area contributed by atoms with Crippen LogP contribution in [0.5, 0.6) is 0 Å². The molecule has 164 valence electrons. The minimum absolute atomic E-state index is 0.0203. The lowest BCUT2D eigenvalue weighted by atomic mass is 9.88. The molecule has 0 radical (unpaired) electrons. The number of halogens is 1. The lowest BCUT2D eigenvalue weighted by molar-refractivity contribution is -0.127. The number of aliphatic hydroxyl groups is 1. The molecule has 5 rings (SSSR count). The minimum Gasteiger partial charge on any atom is -0.396 e. The number of carbonyl (C=O) groups excluding carboxylic acids is 1. The highest BCUT2D eigenvalue weighted by Gasteiger charge is 2.54. The van der Waals surface area contributed by atoms with E-state index >= 15 is 0 Å². The third-order valence-corrected chi connectivity index (χ3v) is 7.46. The zero-order valence-corrected chi connectivity index (χ0v) is 17.6. The predicted octanol–water partition coefficient (Wildman–Crippen LogP) is 2.31. The van der Waals surface area contributed by atoms with E-state index in [-0.39, 0.29) is 47.8 Å². The van der Waals surface area contributed by atoms with Crippen LogP contribution in [-0.2, 0) is 11.3 Å². The van der Waals surface area contributed by atoms with E-state index in [1.807, 2.05) is 18.0 Å². The van der Waals surface area contributed by atoms with Gasteiger partial charge in [-0.15, -0.1) is 0 Å². The molecule has 0 unspecified atom stereocenters. The summed E-state index contributed by atoms with van der Waals surface area (Å²) in [7, 11) is 1.91. The molecule has 4 atom stereocenters. The van der Waals surface area contributed by atoms with Crippen molar-refractivity contribution >= 4 is 5.91 Å². The van der Waals surface area contributed by atoms with Crippen molar-refractivity contribution in [2.24, 2.45) is 11.8 Å². The van der Waals surface area contributed by atoms with Gasteiger partial charge in [0.1, 0.15) is 5.82 Å². The SMILES string of the molecule is CN1[C@@H]2c3ccc(-c4cccc(F)c4)c(=O)n3C[C@@H]2[C@@H](CO)[C@@H]1C(=O)NC1CCCC1. The Morgan fingerprint density at radius 3 is 2.71 bits per heavy atom. The van der Waals surface area contributed by atoms with Gasteiger partial charge in [-0.05, 0) is 49.7 Å². The minimum atomic E-state index is -0.410. The first-order valence-corrected chi connectivity index (χ1v) is 11.1. The van der Waals surface area contributed by atoms with E-state index < -0.39 is 6.04 Å². The topological polar surface area (TPSA) is 74.6 Å². The largest absolute Gasteiger partial charge is 0.396 e. The smallest absolute Gasteiger partial charge is 0.258 e. The zero-order chi connectivity index (χ0) is 21.7. The number of likely N-dealkylation sites (tertiary alicyclic amines) is 1. The van der Waals surface area contributed by atoms with Gasteiger partial charge in [0.2, 0.25) is 5.91 Å². The molecule has 0 bridgehead atoms. The summed E-state index contributed by atoms with van der Waals surface area (Å²) in [5, 5.41) is 13.4. The van der Waals surface area contributed by atoms with Gasteiger partial charge in [0, 0.05) is 42.3 Å². The molecule has 3 aliphatic rings. The van der Waals surface area contributed by atoms with Gasteiger partial charge in [0.15, 0.2) is 0 Å². The Kier molecular flexibility index (Phi) is 5.18. The van der Waals surface area contributed by atoms with Crippen LogP contribution in [0, 0.1) is 17.7 Å². The van der Waals surface area contributed by atoms with E-state index in [1.165, 1.54) is 12.1 Å². The average Bonchev–Trinajstić information content (AvgIpc) is 3.45. The standard InChI is InChI=1S/C24H28FN3O3/c1-27-21-18(19(13-29)22(27)23(30)26-16-7-2-3-8-16)12-28-20(21)10-9-17(24(28)31)14-5-4-6-15(25)11-14/h4-6,9-11,16,18-19,21-22,29H,2-3,7-8,12-13H2,1H3,(H,26,30)/t18-,19-,21+,22-/m1/s1. The van der Waals surface area contributed by atoms with Gasteiger partial charge in [-0.1, -0.05) is 25.0 Å². The summed E-state index contributed by atoms with van der Waals surface area (Å²) in [6.07, 6.45) is 4.31. The van der Waals surface area contributed by atoms with Crippen LogP contribution in [-0.4, -0.2) is 46.2 Å². The van der Waals surface area contributed by atoms with Crippen LogP contribution >= 0.6 is 0 Å². The predicted molar refractivity (Wildman–Crippen MR) is 115 cm³/mol. The molecule has 6 nitrogen and oxygen atoms in total. The molecule has 31 heavy (non-hydrogen) atoms. The Balaban J connectivity index is 1.46. The molecule has 1 saturated carbocycles. The van der Waals surface area contributed by atoms with E-state index in [2.05, 4.69) is 5.32 Å². The molecule has 1 aromatic heterocycles. The first-order chi connectivity index (χ1) is 15.0. The van der Waals surface area contributed by atoms with Gasteiger partial charge in [0.25, 0.3) is 5.56 Å². The fourth-order valence-corrected chi connectivity index (χ4v) is 6.01. The molecule has 1 amide bonds. The fourth-order valence-electron chi connectivity index (χ4n) is 6.01. The number of likely N-dealkylation sites (N-methyl/N-ethyl adjacent to an activating group) is 1. The van der Waals surface area contributed by atoms with E-state index in [1.54, 1.807) is 22.8 Å². The van der Waals surface area contributed by atoms with Crippen molar-refractivity contribution in [3.05, 3.63) is 58.3 Å². The number of nitrogens with zero attached hydrogens (tertiary/aromatic N) is 2. The molecule has 7 heteroatoms. The Morgan fingerprint density at radius 2 is 2.00 bits per heavy atom. The van der Waals surface area contributed by atoms with Crippen molar-refractivity contribution in [2.45, 2.75) is 50.4 Å². The number of aliphatic hydroxyl groups excluding tert-OH is 1. The molecule has 1 saturated heterocycles. The third-order valence-electron chi connectivity index (χ3n) is 7.46. The van der Waals surface area contributed by atoms with E-state index in [4.69, 9.17) is 0 Å². The van der Waals surface area contributed by atoms with Crippen LogP contribution in [0.2, 0.25) is 0 Å². The molecule has 1 aliphatic carbocycles. The Morgan fingerprint density at radius 1 is 1.23 bits per heavy atom. The molecule has 2 aliphatic heterocycles. The highest BCUT2D eigenvalue weighted by Crippen LogP contribution is 2.48. The Bertz CT molecular complexity index is 1060. The number of fused-ring (bicyclic) bond motifs is 3. The number of pyridine rings is 1. The maximum absolute atomic E-state index is 13.7. The van der Waals surface area contributed by atoms with Crippen LogP contribution in [0.4, 0.5) is 4.39 Å². The highest BCUT2D eigenvalue weighted by atomic mass is 19.1. The number of nitrogens with one attached hydrogen (secondary N) is 1. The second-order valence-electron chi connectivity index (χ2n) is 9.15. The molecule has 3 heterocycles. The van der Waals surface area contributed by atoms with Crippen LogP contribution < -0.4 is 10.9 Å². The summed E-state index contributed by atoms with van der Waals surface area (Å²) in [6, 6.07) is 9.42. The molecule has 0 spiro atoms. The maximum Gasteiger partial charge on any atom is 0.258 e. The van der Waals surface area contributed by atoms with E-state index in [9.17, 15) is 19.1 Å². The first-order valence-electron chi connectivity index (χ1n) is 11.1. The van der Waals surface area contributed by atoms with Crippen LogP contribution in [0.1, 0.15) is 37.4 Å². The quantitative estimate of drug-likeness (QED) is 0.789. The fraction of sp³-hybridized carbons (Fsp3) is 0.500. The third kappa shape index (κ3) is 3.31. The molecular weight excluding hydrogens is 397 g/mol. The Labute approximate surface area is 180 Å². The number of hydrogen-bond donors (Lipinski definition) is 2. The van der Waals surface area contributed by atoms with Crippen molar-refractivity contribution in [3.8, 4) is 11.1 Å². The van der Waals surface area contributed by atoms with Gasteiger partial charge in [0.05, 0.1) is 12.1 Å². The first kappa shape index (κ1) is 20.4. The van der Waals surface area contributed by atoms with Crippen molar-refractivity contribution < 1.29 is 14.3 Å². The van der Waals surface area contributed by atoms with E-state index in [0.29, 0.717) is 17.7 Å². The lowest BCUT2D eigenvalue weighted by Gasteiger charge is -2.28. The molecule has 2 fully saturated rings. The molecular formula is C24H28FN3O3. The number of rotatable bonds is 4. The van der Waals surface area contributed by atoms with Crippen molar-refractivity contribution in [2.75, 3.05) is 13.7 Å². The number of amides is 1. The van der Waals surface area contributed by atoms with E-state index in [0.717, 1.165) is 31.4 Å². The summed E-state index contributed by atoms with van der Waals surface area (Å²) in [4.78, 5) is 28.3. The van der Waals surface area contributed by atoms with Crippen molar-refractivity contribution in [3.63, 3.8) is 0 Å². The summed E-state index contributed by atoms with van der Waals surface area (Å²) >= 11 is 0. The monoisotopic (exact) mass is 425 g/mol. The Hall–Kier alpha value is -2.51. The molecule has 2 aromatic rings. The summed E-state index contributed by atoms with van der Waals surface area (Å²) in [5.74, 6) is -0.665. The van der Waals surface area contributed by atoms with Crippen molar-refractivity contribution in [1.82, 2.24) is 14.8 Å². The summed E-state index contributed by atoms with van der Waals surface area (Å²) in [5.41, 5.74) is 1.71. The lowest BCUT2D eigenvalue weighted by Crippen LogP contribution is -2.49. The zero-order valence-electron chi connectivity index (χ0n) is 17.6. The van der Waals surface area contributed by atoms with Gasteiger partial charge in [-0.2, -0.15) is 0 Å². The second-order valence-corrected chi connectivity index (χ2v) is 9.15. The number of benzene rings is 1. The van der Waals surface area contributed by atoms with Gasteiger partial charge < -0.3 is 15.0 Å². The number of hydrogen-bond acceptors (Lipinski definition) is 4. The highest BCUT2D eigenvalue weighted by molar-refractivity contribution is 5.83. The number of aromatic nitrogens is 1. The van der Waals surface area contributed by atoms with Gasteiger partial charge in [-0.3, -0.25) is 14.5 Å². The van der Waals surface area contributed by atoms with Gasteiger partial charge >= 0.3 is 0 Å². The maximum atomic E-state index is 13.7. The molecule has 1 aromatic carbocycles. The summed E-state index contributed by atoms with van der Waals surface area (Å²) < 4.78 is 15.4. The van der Waals surface area contributed by atoms with Crippen molar-refractivity contribution in [1.29, 1.82) is 0 Å². The van der Waals surface area contributed by atoms with Gasteiger partial charge in [-0.25, -0.2) is 4.39 Å². The van der Waals surface area contributed by atoms with Crippen LogP contribution in [0.15, 0.2) is 41.2 Å². The average molecular weight is 426 g/mol. The summed E-state index contributed by atoms with van der Waals surface area (Å²) in [6.45, 7) is 0.346.